The van der Waals surface area contributed by atoms with Gasteiger partial charge in [-0.15, -0.1) is 0 Å². The molecule has 4 aliphatic carbocycles. The van der Waals surface area contributed by atoms with Gasteiger partial charge in [0.25, 0.3) is 0 Å². The fourth-order valence-electron chi connectivity index (χ4n) is 7.78. The molecule has 0 aromatic heterocycles. The van der Waals surface area contributed by atoms with E-state index in [4.69, 9.17) is 0 Å². The van der Waals surface area contributed by atoms with Crippen LogP contribution >= 0.6 is 0 Å². The maximum atomic E-state index is 14.8. The first-order valence-electron chi connectivity index (χ1n) is 16.6. The molecule has 48 heavy (non-hydrogen) atoms. The molecule has 8 rings (SSSR count). The van der Waals surface area contributed by atoms with Crippen molar-refractivity contribution in [2.24, 2.45) is 0 Å². The number of carbonyl (C=O) groups is 2. The molecule has 0 spiro atoms. The standard InChI is InChI=1S/C44H36N2O2/c1-29(31-15-3-4-16-31)27-39(47)45-37-25-13-11-23-35(37)41(33-19-7-8-20-33)43(45)44-42(34-21-9-10-22-34)36-24-12-14-26-38(36)46(44)40(48)28-30(2)32-17-5-6-18-32/h3-26,43-44H,27-28H2,1-2H3. The van der Waals surface area contributed by atoms with Gasteiger partial charge in [0.15, 0.2) is 0 Å². The number of carbonyl (C=O) groups excluding carboxylic acids is 2. The lowest BCUT2D eigenvalue weighted by molar-refractivity contribution is -0.119. The van der Waals surface area contributed by atoms with Gasteiger partial charge in [0.05, 0.1) is 23.5 Å². The van der Waals surface area contributed by atoms with E-state index >= 15 is 0 Å². The van der Waals surface area contributed by atoms with E-state index in [1.807, 2.05) is 96.5 Å². The fraction of sp³-hybridized carbons (Fsp3) is 0.136. The van der Waals surface area contributed by atoms with Crippen molar-refractivity contribution in [1.29, 1.82) is 0 Å². The van der Waals surface area contributed by atoms with Crippen molar-refractivity contribution in [1.82, 2.24) is 0 Å². The maximum Gasteiger partial charge on any atom is 0.231 e. The number of nitrogens with zero attached hydrogens (tertiary/aromatic N) is 2. The molecule has 0 fully saturated rings. The lowest BCUT2D eigenvalue weighted by atomic mass is 9.85. The molecule has 2 aliphatic heterocycles. The number of anilines is 2. The van der Waals surface area contributed by atoms with E-state index in [2.05, 4.69) is 72.9 Å². The smallest absolute Gasteiger partial charge is 0.231 e. The predicted molar refractivity (Wildman–Crippen MR) is 197 cm³/mol. The SMILES string of the molecule is CC(CC(=O)N1c2ccccc2C(=C2C=CC=C2)C1C1C(=C2C=CC=C2)c2ccccc2N1C(=O)CC(C)=C1C=CC=C1)=C1C=CC=C1. The molecule has 2 unspecified atom stereocenters. The number of amides is 2. The van der Waals surface area contributed by atoms with Crippen molar-refractivity contribution >= 4 is 34.3 Å². The molecule has 2 atom stereocenters. The largest absolute Gasteiger partial charge is 0.302 e. The van der Waals surface area contributed by atoms with Gasteiger partial charge in [-0.25, -0.2) is 0 Å². The second-order valence-corrected chi connectivity index (χ2v) is 12.9. The zero-order valence-corrected chi connectivity index (χ0v) is 27.1. The highest BCUT2D eigenvalue weighted by molar-refractivity contribution is 6.13. The lowest BCUT2D eigenvalue weighted by Crippen LogP contribution is -2.53. The van der Waals surface area contributed by atoms with Gasteiger partial charge in [0.2, 0.25) is 11.8 Å². The summed E-state index contributed by atoms with van der Waals surface area (Å²) < 4.78 is 0. The van der Waals surface area contributed by atoms with Gasteiger partial charge in [-0.05, 0) is 59.4 Å². The first-order valence-corrected chi connectivity index (χ1v) is 16.6. The van der Waals surface area contributed by atoms with Crippen LogP contribution in [0, 0.1) is 0 Å². The molecular formula is C44H36N2O2. The van der Waals surface area contributed by atoms with Crippen LogP contribution in [0.3, 0.4) is 0 Å². The number of allylic oxidation sites excluding steroid dienone is 20. The third-order valence-electron chi connectivity index (χ3n) is 9.98. The van der Waals surface area contributed by atoms with Crippen LogP contribution in [0.25, 0.3) is 11.1 Å². The second kappa shape index (κ2) is 12.1. The number of hydrogen-bond acceptors (Lipinski definition) is 2. The van der Waals surface area contributed by atoms with Gasteiger partial charge in [-0.3, -0.25) is 9.59 Å². The summed E-state index contributed by atoms with van der Waals surface area (Å²) in [5.41, 5.74) is 12.2. The van der Waals surface area contributed by atoms with Gasteiger partial charge in [-0.2, -0.15) is 0 Å². The number of rotatable bonds is 5. The Hall–Kier alpha value is -5.74. The molecule has 0 radical (unpaired) electrons. The molecule has 234 valence electrons. The van der Waals surface area contributed by atoms with Crippen LogP contribution in [-0.4, -0.2) is 23.9 Å². The third-order valence-corrected chi connectivity index (χ3v) is 9.98. The summed E-state index contributed by atoms with van der Waals surface area (Å²) in [6, 6.07) is 15.5. The molecule has 0 N–H and O–H groups in total. The minimum absolute atomic E-state index is 0.0115. The van der Waals surface area contributed by atoms with Crippen LogP contribution in [0.5, 0.6) is 0 Å². The highest BCUT2D eigenvalue weighted by Crippen LogP contribution is 2.53. The van der Waals surface area contributed by atoms with E-state index < -0.39 is 12.1 Å². The molecule has 0 saturated carbocycles. The Kier molecular flexibility index (Phi) is 7.49. The third kappa shape index (κ3) is 4.92. The van der Waals surface area contributed by atoms with Crippen LogP contribution in [0.4, 0.5) is 11.4 Å². The first kappa shape index (κ1) is 29.6. The maximum absolute atomic E-state index is 14.8. The van der Waals surface area contributed by atoms with E-state index in [0.29, 0.717) is 0 Å². The molecule has 2 aromatic carbocycles. The van der Waals surface area contributed by atoms with Crippen LogP contribution < -0.4 is 9.80 Å². The van der Waals surface area contributed by atoms with E-state index in [1.54, 1.807) is 0 Å². The summed E-state index contributed by atoms with van der Waals surface area (Å²) in [4.78, 5) is 33.7. The predicted octanol–water partition coefficient (Wildman–Crippen LogP) is 9.24. The zero-order valence-electron chi connectivity index (χ0n) is 27.1. The normalized spacial score (nSPS) is 20.9. The Balaban J connectivity index is 1.35. The van der Waals surface area contributed by atoms with E-state index in [9.17, 15) is 9.59 Å². The van der Waals surface area contributed by atoms with Gasteiger partial charge >= 0.3 is 0 Å². The zero-order chi connectivity index (χ0) is 32.8. The first-order chi connectivity index (χ1) is 23.5. The van der Waals surface area contributed by atoms with E-state index in [0.717, 1.165) is 67.1 Å². The molecule has 4 heteroatoms. The highest BCUT2D eigenvalue weighted by atomic mass is 16.2. The summed E-state index contributed by atoms with van der Waals surface area (Å²) in [6.07, 6.45) is 33.5. The van der Waals surface area contributed by atoms with Crippen LogP contribution in [0.1, 0.15) is 37.8 Å². The minimum atomic E-state index is -0.467. The molecule has 6 aliphatic rings. The van der Waals surface area contributed by atoms with Gasteiger partial charge in [0.1, 0.15) is 0 Å². The summed E-state index contributed by atoms with van der Waals surface area (Å²) in [5.74, 6) is 0.0230. The molecule has 0 bridgehead atoms. The van der Waals surface area contributed by atoms with E-state index in [-0.39, 0.29) is 24.7 Å². The molecule has 4 nitrogen and oxygen atoms in total. The topological polar surface area (TPSA) is 40.6 Å². The van der Waals surface area contributed by atoms with Crippen molar-refractivity contribution < 1.29 is 9.59 Å². The molecular weight excluding hydrogens is 588 g/mol. The van der Waals surface area contributed by atoms with Crippen molar-refractivity contribution in [2.75, 3.05) is 9.80 Å². The molecule has 2 heterocycles. The number of hydrogen-bond donors (Lipinski definition) is 0. The second-order valence-electron chi connectivity index (χ2n) is 12.9. The Morgan fingerprint density at radius 3 is 1.21 bits per heavy atom. The average molecular weight is 625 g/mol. The number of fused-ring (bicyclic) bond motifs is 2. The molecule has 2 aromatic rings. The van der Waals surface area contributed by atoms with Gasteiger partial charge in [-0.1, -0.05) is 145 Å². The number of para-hydroxylation sites is 2. The Labute approximate surface area is 282 Å². The van der Waals surface area contributed by atoms with Crippen LogP contribution in [0.15, 0.2) is 179 Å². The van der Waals surface area contributed by atoms with Gasteiger partial charge < -0.3 is 9.80 Å². The fourth-order valence-corrected chi connectivity index (χ4v) is 7.78. The molecule has 0 saturated heterocycles. The monoisotopic (exact) mass is 624 g/mol. The van der Waals surface area contributed by atoms with Crippen molar-refractivity contribution in [3.63, 3.8) is 0 Å². The Morgan fingerprint density at radius 2 is 0.833 bits per heavy atom. The minimum Gasteiger partial charge on any atom is -0.302 e. The summed E-state index contributed by atoms with van der Waals surface area (Å²) in [6.45, 7) is 4.08. The highest BCUT2D eigenvalue weighted by Gasteiger charge is 2.51. The average Bonchev–Trinajstić information content (AvgIpc) is 3.93. The molecule has 2 amide bonds. The summed E-state index contributed by atoms with van der Waals surface area (Å²) in [7, 11) is 0. The van der Waals surface area contributed by atoms with Crippen molar-refractivity contribution in [3.05, 3.63) is 190 Å². The quantitative estimate of drug-likeness (QED) is 0.333. The van der Waals surface area contributed by atoms with Crippen LogP contribution in [-0.2, 0) is 9.59 Å². The van der Waals surface area contributed by atoms with E-state index in [1.165, 1.54) is 0 Å². The van der Waals surface area contributed by atoms with Gasteiger partial charge in [0, 0.05) is 24.0 Å². The van der Waals surface area contributed by atoms with Crippen molar-refractivity contribution in [3.8, 4) is 0 Å². The summed E-state index contributed by atoms with van der Waals surface area (Å²) >= 11 is 0. The van der Waals surface area contributed by atoms with Crippen molar-refractivity contribution in [2.45, 2.75) is 38.8 Å². The Morgan fingerprint density at radius 1 is 0.500 bits per heavy atom. The Bertz CT molecular complexity index is 1940. The lowest BCUT2D eigenvalue weighted by Gasteiger charge is -2.37. The van der Waals surface area contributed by atoms with Crippen LogP contribution in [0.2, 0.25) is 0 Å². The summed E-state index contributed by atoms with van der Waals surface area (Å²) in [5, 5.41) is 0. The number of benzene rings is 2.